The van der Waals surface area contributed by atoms with Crippen molar-refractivity contribution in [2.45, 2.75) is 16.3 Å². The average Bonchev–Trinajstić information content (AvgIpc) is 2.90. The number of hydrogen-bond donors (Lipinski definition) is 0. The van der Waals surface area contributed by atoms with Crippen molar-refractivity contribution in [1.82, 2.24) is 14.8 Å². The van der Waals surface area contributed by atoms with Crippen LogP contribution in [0.1, 0.15) is 5.69 Å². The predicted molar refractivity (Wildman–Crippen MR) is 78.3 cm³/mol. The molecule has 0 fully saturated rings. The minimum absolute atomic E-state index is 0.0526. The van der Waals surface area contributed by atoms with E-state index in [2.05, 4.69) is 10.1 Å². The topological polar surface area (TPSA) is 73.8 Å². The van der Waals surface area contributed by atoms with Gasteiger partial charge in [0.25, 0.3) is 0 Å². The molecule has 102 valence electrons. The Morgan fingerprint density at radius 2 is 2.15 bits per heavy atom. The average molecular weight is 306 g/mol. The molecule has 0 radical (unpaired) electrons. The van der Waals surface area contributed by atoms with Gasteiger partial charge in [0.2, 0.25) is 0 Å². The van der Waals surface area contributed by atoms with E-state index in [-0.39, 0.29) is 5.69 Å². The second kappa shape index (κ2) is 4.88. The van der Waals surface area contributed by atoms with Crippen molar-refractivity contribution in [1.29, 1.82) is 0 Å². The number of aromatic nitrogens is 3. The Morgan fingerprint density at radius 1 is 1.40 bits per heavy atom. The van der Waals surface area contributed by atoms with E-state index in [1.807, 2.05) is 24.3 Å². The van der Waals surface area contributed by atoms with Crippen molar-refractivity contribution < 1.29 is 4.92 Å². The molecule has 0 atom stereocenters. The highest BCUT2D eigenvalue weighted by Gasteiger charge is 2.25. The van der Waals surface area contributed by atoms with Gasteiger partial charge in [0, 0.05) is 7.05 Å². The first kappa shape index (κ1) is 13.1. The van der Waals surface area contributed by atoms with Gasteiger partial charge in [-0.05, 0) is 30.8 Å². The van der Waals surface area contributed by atoms with Crippen LogP contribution in [0, 0.1) is 17.0 Å². The van der Waals surface area contributed by atoms with E-state index in [4.69, 9.17) is 0 Å². The van der Waals surface area contributed by atoms with Crippen LogP contribution in [0.25, 0.3) is 10.2 Å². The number of thiazole rings is 1. The number of rotatable bonds is 3. The van der Waals surface area contributed by atoms with Gasteiger partial charge in [-0.15, -0.1) is 11.3 Å². The zero-order valence-corrected chi connectivity index (χ0v) is 12.4. The first-order chi connectivity index (χ1) is 9.56. The fraction of sp³-hybridized carbons (Fsp3) is 0.167. The number of fused-ring (bicyclic) bond motifs is 1. The minimum atomic E-state index is -0.391. The standard InChI is InChI=1S/C12H10N4O2S2/c1-7-10(16(17)18)11(15(2)14-7)20-12-13-8-5-3-4-6-9(8)19-12/h3-6H,1-2H3. The smallest absolute Gasteiger partial charge is 0.258 e. The molecule has 0 saturated heterocycles. The quantitative estimate of drug-likeness (QED) is 0.547. The fourth-order valence-corrected chi connectivity index (χ4v) is 4.10. The lowest BCUT2D eigenvalue weighted by atomic mass is 10.3. The van der Waals surface area contributed by atoms with Gasteiger partial charge in [0.1, 0.15) is 5.69 Å². The molecule has 20 heavy (non-hydrogen) atoms. The molecule has 3 aromatic rings. The highest BCUT2D eigenvalue weighted by Crippen LogP contribution is 2.39. The van der Waals surface area contributed by atoms with Crippen molar-refractivity contribution in [3.8, 4) is 0 Å². The molecule has 0 amide bonds. The first-order valence-electron chi connectivity index (χ1n) is 5.77. The van der Waals surface area contributed by atoms with Crippen LogP contribution in [0.2, 0.25) is 0 Å². The fourth-order valence-electron chi connectivity index (χ4n) is 1.93. The van der Waals surface area contributed by atoms with Crippen LogP contribution in [0.5, 0.6) is 0 Å². The SMILES string of the molecule is Cc1nn(C)c(Sc2nc3ccccc3s2)c1[N+](=O)[O-]. The van der Waals surface area contributed by atoms with Crippen molar-refractivity contribution >= 4 is 39.0 Å². The van der Waals surface area contributed by atoms with Gasteiger partial charge < -0.3 is 0 Å². The van der Waals surface area contributed by atoms with Gasteiger partial charge in [0.05, 0.1) is 15.1 Å². The number of hydrogen-bond acceptors (Lipinski definition) is 6. The molecule has 0 spiro atoms. The van der Waals surface area contributed by atoms with Crippen LogP contribution >= 0.6 is 23.1 Å². The van der Waals surface area contributed by atoms with Gasteiger partial charge >= 0.3 is 5.69 Å². The molecule has 8 heteroatoms. The van der Waals surface area contributed by atoms with Crippen molar-refractivity contribution in [3.05, 3.63) is 40.1 Å². The van der Waals surface area contributed by atoms with Crippen LogP contribution in [-0.2, 0) is 7.05 Å². The van der Waals surface area contributed by atoms with Crippen LogP contribution in [0.3, 0.4) is 0 Å². The van der Waals surface area contributed by atoms with E-state index in [1.54, 1.807) is 14.0 Å². The number of nitrogens with zero attached hydrogens (tertiary/aromatic N) is 4. The molecule has 3 rings (SSSR count). The number of benzene rings is 1. The molecule has 0 bridgehead atoms. The summed E-state index contributed by atoms with van der Waals surface area (Å²) < 4.78 is 3.37. The van der Waals surface area contributed by atoms with E-state index in [0.29, 0.717) is 10.7 Å². The normalized spacial score (nSPS) is 11.1. The summed E-state index contributed by atoms with van der Waals surface area (Å²) in [6.45, 7) is 1.64. The molecular weight excluding hydrogens is 296 g/mol. The minimum Gasteiger partial charge on any atom is -0.258 e. The maximum Gasteiger partial charge on any atom is 0.324 e. The lowest BCUT2D eigenvalue weighted by Crippen LogP contribution is -1.94. The van der Waals surface area contributed by atoms with Crippen LogP contribution in [0.4, 0.5) is 5.69 Å². The van der Waals surface area contributed by atoms with E-state index in [0.717, 1.165) is 14.6 Å². The molecular formula is C12H10N4O2S2. The Balaban J connectivity index is 2.04. The molecule has 2 heterocycles. The molecule has 0 unspecified atom stereocenters. The van der Waals surface area contributed by atoms with E-state index in [9.17, 15) is 10.1 Å². The Kier molecular flexibility index (Phi) is 3.19. The molecule has 0 aliphatic heterocycles. The second-order valence-corrected chi connectivity index (χ2v) is 6.44. The zero-order valence-electron chi connectivity index (χ0n) is 10.7. The third-order valence-electron chi connectivity index (χ3n) is 2.78. The maximum atomic E-state index is 11.1. The van der Waals surface area contributed by atoms with Crippen LogP contribution in [0.15, 0.2) is 33.6 Å². The summed E-state index contributed by atoms with van der Waals surface area (Å²) in [4.78, 5) is 15.2. The van der Waals surface area contributed by atoms with Gasteiger partial charge in [0.15, 0.2) is 9.37 Å². The molecule has 1 aromatic carbocycles. The molecule has 0 aliphatic carbocycles. The van der Waals surface area contributed by atoms with Crippen molar-refractivity contribution in [2.24, 2.45) is 7.05 Å². The van der Waals surface area contributed by atoms with E-state index >= 15 is 0 Å². The Hall–Kier alpha value is -1.93. The Bertz CT molecular complexity index is 776. The predicted octanol–water partition coefficient (Wildman–Crippen LogP) is 3.40. The van der Waals surface area contributed by atoms with Crippen molar-refractivity contribution in [2.75, 3.05) is 0 Å². The van der Waals surface area contributed by atoms with Crippen LogP contribution in [-0.4, -0.2) is 19.7 Å². The van der Waals surface area contributed by atoms with E-state index in [1.165, 1.54) is 27.8 Å². The summed E-state index contributed by atoms with van der Waals surface area (Å²) in [6, 6.07) is 7.79. The van der Waals surface area contributed by atoms with Gasteiger partial charge in [-0.1, -0.05) is 12.1 Å². The van der Waals surface area contributed by atoms with E-state index < -0.39 is 4.92 Å². The summed E-state index contributed by atoms with van der Waals surface area (Å²) in [5.41, 5.74) is 1.37. The van der Waals surface area contributed by atoms with Crippen molar-refractivity contribution in [3.63, 3.8) is 0 Å². The molecule has 2 aromatic heterocycles. The van der Waals surface area contributed by atoms with Gasteiger partial charge in [-0.2, -0.15) is 5.10 Å². The number of nitro groups is 1. The summed E-state index contributed by atoms with van der Waals surface area (Å²) in [5.74, 6) is 0. The molecule has 0 aliphatic rings. The molecule has 0 saturated carbocycles. The third-order valence-corrected chi connectivity index (χ3v) is 5.03. The summed E-state index contributed by atoms with van der Waals surface area (Å²) in [7, 11) is 1.70. The second-order valence-electron chi connectivity index (χ2n) is 4.17. The maximum absolute atomic E-state index is 11.1. The van der Waals surface area contributed by atoms with Gasteiger partial charge in [-0.25, -0.2) is 4.98 Å². The highest BCUT2D eigenvalue weighted by molar-refractivity contribution is 8.01. The van der Waals surface area contributed by atoms with Crippen LogP contribution < -0.4 is 0 Å². The summed E-state index contributed by atoms with van der Waals surface area (Å²) >= 11 is 2.80. The van der Waals surface area contributed by atoms with Gasteiger partial charge in [-0.3, -0.25) is 14.8 Å². The highest BCUT2D eigenvalue weighted by atomic mass is 32.2. The number of para-hydroxylation sites is 1. The molecule has 6 nitrogen and oxygen atoms in total. The lowest BCUT2D eigenvalue weighted by molar-refractivity contribution is -0.388. The summed E-state index contributed by atoms with van der Waals surface area (Å²) in [5, 5.41) is 15.8. The summed E-state index contributed by atoms with van der Waals surface area (Å²) in [6.07, 6.45) is 0. The molecule has 0 N–H and O–H groups in total. The monoisotopic (exact) mass is 306 g/mol. The third kappa shape index (κ3) is 2.16. The Labute approximate surface area is 122 Å². The zero-order chi connectivity index (χ0) is 14.3. The number of aryl methyl sites for hydroxylation is 2. The Morgan fingerprint density at radius 3 is 2.85 bits per heavy atom. The largest absolute Gasteiger partial charge is 0.324 e. The lowest BCUT2D eigenvalue weighted by Gasteiger charge is -1.97. The first-order valence-corrected chi connectivity index (χ1v) is 7.41.